The average Bonchev–Trinajstić information content (AvgIpc) is 3.07. The summed E-state index contributed by atoms with van der Waals surface area (Å²) >= 11 is 1.46. The Morgan fingerprint density at radius 3 is 2.62 bits per heavy atom. The first kappa shape index (κ1) is 19.6. The Bertz CT molecular complexity index is 1010. The maximum atomic E-state index is 13.1. The van der Waals surface area contributed by atoms with Gasteiger partial charge in [-0.05, 0) is 35.6 Å². The van der Waals surface area contributed by atoms with Crippen molar-refractivity contribution in [3.63, 3.8) is 0 Å². The number of nitrogens with zero attached hydrogens (tertiary/aromatic N) is 3. The lowest BCUT2D eigenvalue weighted by Crippen LogP contribution is -2.37. The summed E-state index contributed by atoms with van der Waals surface area (Å²) in [5, 5.41) is 0.699. The fraction of sp³-hybridized carbons (Fsp3) is 0.409. The minimum Gasteiger partial charge on any atom is -0.333 e. The molecule has 0 radical (unpaired) electrons. The Kier molecular flexibility index (Phi) is 4.94. The van der Waals surface area contributed by atoms with E-state index in [0.29, 0.717) is 41.6 Å². The molecule has 152 valence electrons. The molecule has 0 unspecified atom stereocenters. The van der Waals surface area contributed by atoms with Crippen molar-refractivity contribution in [3.8, 4) is 0 Å². The van der Waals surface area contributed by atoms with E-state index in [2.05, 4.69) is 13.8 Å². The monoisotopic (exact) mass is 411 g/mol. The van der Waals surface area contributed by atoms with Gasteiger partial charge >= 0.3 is 0 Å². The molecule has 0 fully saturated rings. The lowest BCUT2D eigenvalue weighted by molar-refractivity contribution is -0.118. The van der Waals surface area contributed by atoms with Gasteiger partial charge < -0.3 is 14.7 Å². The van der Waals surface area contributed by atoms with Crippen LogP contribution in [0.2, 0.25) is 0 Å². The minimum atomic E-state index is -0.111. The molecule has 1 aromatic carbocycles. The van der Waals surface area contributed by atoms with E-state index in [-0.39, 0.29) is 24.3 Å². The van der Waals surface area contributed by atoms with Gasteiger partial charge in [-0.25, -0.2) is 0 Å². The van der Waals surface area contributed by atoms with Crippen LogP contribution in [0.3, 0.4) is 0 Å². The predicted octanol–water partition coefficient (Wildman–Crippen LogP) is 3.12. The highest BCUT2D eigenvalue weighted by Gasteiger charge is 2.36. The lowest BCUT2D eigenvalue weighted by atomic mass is 9.99. The van der Waals surface area contributed by atoms with Crippen LogP contribution in [0.25, 0.3) is 0 Å². The van der Waals surface area contributed by atoms with Crippen molar-refractivity contribution in [2.75, 3.05) is 32.1 Å². The molecule has 0 saturated carbocycles. The molecule has 0 spiro atoms. The van der Waals surface area contributed by atoms with E-state index in [1.54, 1.807) is 19.0 Å². The van der Waals surface area contributed by atoms with Crippen LogP contribution >= 0.6 is 11.3 Å². The maximum absolute atomic E-state index is 13.1. The van der Waals surface area contributed by atoms with E-state index in [1.165, 1.54) is 16.2 Å². The van der Waals surface area contributed by atoms with Crippen molar-refractivity contribution >= 4 is 34.1 Å². The average molecular weight is 412 g/mol. The van der Waals surface area contributed by atoms with E-state index < -0.39 is 0 Å². The Morgan fingerprint density at radius 2 is 1.90 bits per heavy atom. The molecule has 2 aliphatic heterocycles. The fourth-order valence-corrected chi connectivity index (χ4v) is 5.25. The van der Waals surface area contributed by atoms with Crippen LogP contribution in [0.15, 0.2) is 24.3 Å². The number of anilines is 1. The molecule has 0 N–H and O–H groups in total. The van der Waals surface area contributed by atoms with Crippen LogP contribution in [0.5, 0.6) is 0 Å². The normalized spacial score (nSPS) is 16.8. The third-order valence-corrected chi connectivity index (χ3v) is 7.03. The highest BCUT2D eigenvalue weighted by Crippen LogP contribution is 2.41. The molecule has 3 amide bonds. The van der Waals surface area contributed by atoms with Crippen molar-refractivity contribution in [2.45, 2.75) is 32.7 Å². The summed E-state index contributed by atoms with van der Waals surface area (Å²) in [6, 6.07) is 7.80. The van der Waals surface area contributed by atoms with Crippen LogP contribution in [-0.2, 0) is 17.8 Å². The van der Waals surface area contributed by atoms with Crippen LogP contribution in [0, 0.1) is 0 Å². The van der Waals surface area contributed by atoms with Crippen molar-refractivity contribution < 1.29 is 14.4 Å². The van der Waals surface area contributed by atoms with Crippen molar-refractivity contribution in [1.29, 1.82) is 0 Å². The molecule has 0 bridgehead atoms. The maximum Gasteiger partial charge on any atom is 0.257 e. The van der Waals surface area contributed by atoms with Crippen LogP contribution in [0.4, 0.5) is 5.00 Å². The van der Waals surface area contributed by atoms with Crippen molar-refractivity contribution in [2.24, 2.45) is 0 Å². The van der Waals surface area contributed by atoms with E-state index in [9.17, 15) is 14.4 Å². The van der Waals surface area contributed by atoms with Crippen molar-refractivity contribution in [3.05, 3.63) is 51.4 Å². The molecule has 0 saturated heterocycles. The number of benzene rings is 1. The van der Waals surface area contributed by atoms with Crippen LogP contribution in [-0.4, -0.2) is 54.7 Å². The summed E-state index contributed by atoms with van der Waals surface area (Å²) < 4.78 is 0. The third kappa shape index (κ3) is 3.33. The number of fused-ring (bicyclic) bond motifs is 3. The summed E-state index contributed by atoms with van der Waals surface area (Å²) in [4.78, 5) is 44.2. The molecular weight excluding hydrogens is 386 g/mol. The predicted molar refractivity (Wildman–Crippen MR) is 114 cm³/mol. The van der Waals surface area contributed by atoms with E-state index in [0.717, 1.165) is 16.0 Å². The van der Waals surface area contributed by atoms with Gasteiger partial charge in [0.15, 0.2) is 0 Å². The number of carbonyl (C=O) groups is 3. The first-order valence-corrected chi connectivity index (χ1v) is 10.7. The first-order chi connectivity index (χ1) is 13.8. The van der Waals surface area contributed by atoms with E-state index in [4.69, 9.17) is 0 Å². The Morgan fingerprint density at radius 1 is 1.14 bits per heavy atom. The topological polar surface area (TPSA) is 60.9 Å². The molecule has 4 rings (SSSR count). The van der Waals surface area contributed by atoms with Gasteiger partial charge in [0, 0.05) is 31.1 Å². The van der Waals surface area contributed by atoms with Gasteiger partial charge in [0.05, 0.1) is 12.1 Å². The standard InChI is InChI=1S/C22H25N3O3S/c1-13(2)14-6-5-7-15(10-14)20(27)25-9-8-16-17(11-25)29-22-19(16)21(28)23(3)12-18(26)24(22)4/h5-7,10,13H,8-9,11-12H2,1-4H3. The van der Waals surface area contributed by atoms with Crippen molar-refractivity contribution in [1.82, 2.24) is 9.80 Å². The second-order valence-corrected chi connectivity index (χ2v) is 9.14. The smallest absolute Gasteiger partial charge is 0.257 e. The molecule has 3 heterocycles. The first-order valence-electron chi connectivity index (χ1n) is 9.83. The van der Waals surface area contributed by atoms with Crippen LogP contribution in [0.1, 0.15) is 56.5 Å². The highest BCUT2D eigenvalue weighted by atomic mass is 32.1. The second-order valence-electron chi connectivity index (χ2n) is 8.05. The summed E-state index contributed by atoms with van der Waals surface area (Å²) in [7, 11) is 3.38. The quantitative estimate of drug-likeness (QED) is 0.763. The number of thiophene rings is 1. The Labute approximate surface area is 174 Å². The minimum absolute atomic E-state index is 0.00891. The summed E-state index contributed by atoms with van der Waals surface area (Å²) in [5.41, 5.74) is 3.46. The number of hydrogen-bond acceptors (Lipinski definition) is 4. The van der Waals surface area contributed by atoms with Gasteiger partial charge in [0.1, 0.15) is 11.5 Å². The number of likely N-dealkylation sites (N-methyl/N-ethyl adjacent to an activating group) is 2. The molecule has 0 atom stereocenters. The summed E-state index contributed by atoms with van der Waals surface area (Å²) in [6.45, 7) is 5.34. The second kappa shape index (κ2) is 7.30. The largest absolute Gasteiger partial charge is 0.333 e. The number of amides is 3. The Hall–Kier alpha value is -2.67. The summed E-state index contributed by atoms with van der Waals surface area (Å²) in [5.74, 6) is 0.158. The summed E-state index contributed by atoms with van der Waals surface area (Å²) in [6.07, 6.45) is 0.623. The van der Waals surface area contributed by atoms with Gasteiger partial charge in [-0.2, -0.15) is 0 Å². The zero-order valence-corrected chi connectivity index (χ0v) is 18.0. The lowest BCUT2D eigenvalue weighted by Gasteiger charge is -2.28. The number of hydrogen-bond donors (Lipinski definition) is 0. The SMILES string of the molecule is CC(C)c1cccc(C(=O)N2CCc3c(sc4c3C(=O)N(C)CC(=O)N4C)C2)c1. The fourth-order valence-electron chi connectivity index (χ4n) is 3.92. The molecule has 0 aliphatic carbocycles. The zero-order valence-electron chi connectivity index (χ0n) is 17.2. The van der Waals surface area contributed by atoms with E-state index >= 15 is 0 Å². The third-order valence-electron chi connectivity index (χ3n) is 5.74. The van der Waals surface area contributed by atoms with E-state index in [1.807, 2.05) is 29.2 Å². The highest BCUT2D eigenvalue weighted by molar-refractivity contribution is 7.17. The molecule has 7 heteroatoms. The molecule has 29 heavy (non-hydrogen) atoms. The van der Waals surface area contributed by atoms with Crippen LogP contribution < -0.4 is 4.90 Å². The molecule has 1 aromatic heterocycles. The zero-order chi connectivity index (χ0) is 20.9. The van der Waals surface area contributed by atoms with Gasteiger partial charge in [-0.3, -0.25) is 14.4 Å². The number of carbonyl (C=O) groups excluding carboxylic acids is 3. The molecule has 2 aromatic rings. The van der Waals surface area contributed by atoms with Gasteiger partial charge in [-0.1, -0.05) is 26.0 Å². The van der Waals surface area contributed by atoms with Gasteiger partial charge in [0.25, 0.3) is 11.8 Å². The van der Waals surface area contributed by atoms with Gasteiger partial charge in [0.2, 0.25) is 5.91 Å². The molecule has 2 aliphatic rings. The Balaban J connectivity index is 1.65. The number of rotatable bonds is 2. The van der Waals surface area contributed by atoms with Gasteiger partial charge in [-0.15, -0.1) is 11.3 Å². The molecule has 6 nitrogen and oxygen atoms in total. The molecular formula is C22H25N3O3S.